The molecule has 1 heterocycles. The molecule has 0 aromatic heterocycles. The zero-order chi connectivity index (χ0) is 18.1. The van der Waals surface area contributed by atoms with Gasteiger partial charge in [-0.15, -0.1) is 0 Å². The Hall–Kier alpha value is -2.08. The SMILES string of the molecule is CC(NC(=O)CCCC1CCOCC1)c1ccc(OCC(=O)O)cc1. The van der Waals surface area contributed by atoms with E-state index < -0.39 is 5.97 Å². The molecule has 6 nitrogen and oxygen atoms in total. The fourth-order valence-corrected chi connectivity index (χ4v) is 2.98. The average Bonchev–Trinajstić information content (AvgIpc) is 2.61. The number of carboxylic acids is 1. The molecule has 0 spiro atoms. The van der Waals surface area contributed by atoms with E-state index in [1.807, 2.05) is 19.1 Å². The first-order chi connectivity index (χ1) is 12.0. The number of ether oxygens (including phenoxy) is 2. The van der Waals surface area contributed by atoms with E-state index in [1.54, 1.807) is 12.1 Å². The predicted octanol–water partition coefficient (Wildman–Crippen LogP) is 2.92. The second-order valence-corrected chi connectivity index (χ2v) is 6.49. The lowest BCUT2D eigenvalue weighted by atomic mass is 9.94. The van der Waals surface area contributed by atoms with Crippen LogP contribution in [0.2, 0.25) is 0 Å². The molecule has 1 atom stereocenters. The van der Waals surface area contributed by atoms with Crippen molar-refractivity contribution in [2.45, 2.75) is 45.1 Å². The fraction of sp³-hybridized carbons (Fsp3) is 0.579. The van der Waals surface area contributed by atoms with Gasteiger partial charge in [0.05, 0.1) is 6.04 Å². The number of carboxylic acid groups (broad SMARTS) is 1. The highest BCUT2D eigenvalue weighted by atomic mass is 16.5. The Labute approximate surface area is 148 Å². The molecular formula is C19H27NO5. The topological polar surface area (TPSA) is 84.9 Å². The van der Waals surface area contributed by atoms with Gasteiger partial charge < -0.3 is 19.9 Å². The maximum atomic E-state index is 12.1. The van der Waals surface area contributed by atoms with E-state index in [4.69, 9.17) is 14.6 Å². The summed E-state index contributed by atoms with van der Waals surface area (Å²) in [5.41, 5.74) is 0.959. The lowest BCUT2D eigenvalue weighted by Crippen LogP contribution is -2.26. The third-order valence-electron chi connectivity index (χ3n) is 4.48. The summed E-state index contributed by atoms with van der Waals surface area (Å²) in [7, 11) is 0. The minimum Gasteiger partial charge on any atom is -0.482 e. The molecule has 0 saturated carbocycles. The quantitative estimate of drug-likeness (QED) is 0.716. The molecule has 1 saturated heterocycles. The van der Waals surface area contributed by atoms with Crippen LogP contribution in [0.5, 0.6) is 5.75 Å². The molecule has 0 radical (unpaired) electrons. The van der Waals surface area contributed by atoms with E-state index >= 15 is 0 Å². The summed E-state index contributed by atoms with van der Waals surface area (Å²) in [5, 5.41) is 11.6. The van der Waals surface area contributed by atoms with E-state index in [0.717, 1.165) is 44.5 Å². The maximum absolute atomic E-state index is 12.1. The van der Waals surface area contributed by atoms with Crippen molar-refractivity contribution in [3.63, 3.8) is 0 Å². The normalized spacial score (nSPS) is 16.2. The van der Waals surface area contributed by atoms with Gasteiger partial charge in [-0.05, 0) is 56.2 Å². The highest BCUT2D eigenvalue weighted by molar-refractivity contribution is 5.76. The smallest absolute Gasteiger partial charge is 0.341 e. The molecule has 0 aliphatic carbocycles. The van der Waals surface area contributed by atoms with Crippen LogP contribution in [0.3, 0.4) is 0 Å². The largest absolute Gasteiger partial charge is 0.482 e. The van der Waals surface area contributed by atoms with Crippen LogP contribution in [-0.2, 0) is 14.3 Å². The van der Waals surface area contributed by atoms with E-state index in [0.29, 0.717) is 18.1 Å². The molecule has 1 fully saturated rings. The van der Waals surface area contributed by atoms with Crippen molar-refractivity contribution in [2.24, 2.45) is 5.92 Å². The van der Waals surface area contributed by atoms with Crippen molar-refractivity contribution in [3.05, 3.63) is 29.8 Å². The van der Waals surface area contributed by atoms with Gasteiger partial charge in [-0.3, -0.25) is 4.79 Å². The van der Waals surface area contributed by atoms with Crippen LogP contribution < -0.4 is 10.1 Å². The molecule has 2 N–H and O–H groups in total. The van der Waals surface area contributed by atoms with E-state index in [1.165, 1.54) is 0 Å². The van der Waals surface area contributed by atoms with Crippen LogP contribution in [0, 0.1) is 5.92 Å². The summed E-state index contributed by atoms with van der Waals surface area (Å²) >= 11 is 0. The summed E-state index contributed by atoms with van der Waals surface area (Å²) in [4.78, 5) is 22.6. The summed E-state index contributed by atoms with van der Waals surface area (Å²) in [6.07, 6.45) is 4.75. The number of aliphatic carboxylic acids is 1. The van der Waals surface area contributed by atoms with Gasteiger partial charge >= 0.3 is 5.97 Å². The third-order valence-corrected chi connectivity index (χ3v) is 4.48. The number of benzene rings is 1. The fourth-order valence-electron chi connectivity index (χ4n) is 2.98. The zero-order valence-corrected chi connectivity index (χ0v) is 14.7. The Kier molecular flexibility index (Phi) is 7.73. The Balaban J connectivity index is 1.69. The Morgan fingerprint density at radius 2 is 1.96 bits per heavy atom. The average molecular weight is 349 g/mol. The van der Waals surface area contributed by atoms with Gasteiger partial charge in [0.2, 0.25) is 5.91 Å². The molecule has 1 aliphatic heterocycles. The molecule has 0 bridgehead atoms. The molecule has 6 heteroatoms. The minimum atomic E-state index is -1.01. The molecule has 138 valence electrons. The summed E-state index contributed by atoms with van der Waals surface area (Å²) in [6, 6.07) is 7.01. The molecule has 1 aromatic carbocycles. The summed E-state index contributed by atoms with van der Waals surface area (Å²) in [5.74, 6) is 0.245. The maximum Gasteiger partial charge on any atom is 0.341 e. The van der Waals surface area contributed by atoms with Crippen LogP contribution in [0.15, 0.2) is 24.3 Å². The van der Waals surface area contributed by atoms with Gasteiger partial charge in [-0.2, -0.15) is 0 Å². The van der Waals surface area contributed by atoms with Crippen molar-refractivity contribution in [1.82, 2.24) is 5.32 Å². The van der Waals surface area contributed by atoms with Gasteiger partial charge in [-0.1, -0.05) is 12.1 Å². The first kappa shape index (κ1) is 19.2. The van der Waals surface area contributed by atoms with E-state index in [9.17, 15) is 9.59 Å². The molecule has 2 rings (SSSR count). The zero-order valence-electron chi connectivity index (χ0n) is 14.7. The van der Waals surface area contributed by atoms with Crippen LogP contribution in [0.25, 0.3) is 0 Å². The lowest BCUT2D eigenvalue weighted by molar-refractivity contribution is -0.139. The first-order valence-electron chi connectivity index (χ1n) is 8.86. The first-order valence-corrected chi connectivity index (χ1v) is 8.86. The summed E-state index contributed by atoms with van der Waals surface area (Å²) < 4.78 is 10.4. The van der Waals surface area contributed by atoms with E-state index in [2.05, 4.69) is 5.32 Å². The number of hydrogen-bond donors (Lipinski definition) is 2. The second kappa shape index (κ2) is 10.0. The predicted molar refractivity (Wildman–Crippen MR) is 93.5 cm³/mol. The lowest BCUT2D eigenvalue weighted by Gasteiger charge is -2.21. The standard InChI is InChI=1S/C19H27NO5/c1-14(16-5-7-17(8-6-16)25-13-19(22)23)20-18(21)4-2-3-15-9-11-24-12-10-15/h5-8,14-15H,2-4,9-13H2,1H3,(H,20,21)(H,22,23). The Morgan fingerprint density at radius 1 is 1.28 bits per heavy atom. The molecule has 1 amide bonds. The highest BCUT2D eigenvalue weighted by Crippen LogP contribution is 2.21. The minimum absolute atomic E-state index is 0.0609. The highest BCUT2D eigenvalue weighted by Gasteiger charge is 2.15. The van der Waals surface area contributed by atoms with Crippen molar-refractivity contribution in [1.29, 1.82) is 0 Å². The molecule has 1 aliphatic rings. The van der Waals surface area contributed by atoms with Gasteiger partial charge in [0.1, 0.15) is 5.75 Å². The van der Waals surface area contributed by atoms with Gasteiger partial charge in [-0.25, -0.2) is 4.79 Å². The van der Waals surface area contributed by atoms with Crippen molar-refractivity contribution < 1.29 is 24.2 Å². The van der Waals surface area contributed by atoms with Crippen molar-refractivity contribution in [2.75, 3.05) is 19.8 Å². The third kappa shape index (κ3) is 7.13. The Morgan fingerprint density at radius 3 is 2.60 bits per heavy atom. The number of carbonyl (C=O) groups is 2. The van der Waals surface area contributed by atoms with Gasteiger partial charge in [0.25, 0.3) is 0 Å². The Bertz CT molecular complexity index is 551. The number of nitrogens with one attached hydrogen (secondary N) is 1. The van der Waals surface area contributed by atoms with Crippen molar-refractivity contribution >= 4 is 11.9 Å². The van der Waals surface area contributed by atoms with Crippen LogP contribution >= 0.6 is 0 Å². The molecular weight excluding hydrogens is 322 g/mol. The van der Waals surface area contributed by atoms with Crippen LogP contribution in [0.4, 0.5) is 0 Å². The van der Waals surface area contributed by atoms with Gasteiger partial charge in [0.15, 0.2) is 6.61 Å². The molecule has 25 heavy (non-hydrogen) atoms. The van der Waals surface area contributed by atoms with Crippen LogP contribution in [0.1, 0.15) is 50.6 Å². The van der Waals surface area contributed by atoms with Gasteiger partial charge in [0, 0.05) is 19.6 Å². The van der Waals surface area contributed by atoms with E-state index in [-0.39, 0.29) is 18.6 Å². The van der Waals surface area contributed by atoms with Crippen LogP contribution in [-0.4, -0.2) is 36.8 Å². The number of hydrogen-bond acceptors (Lipinski definition) is 4. The second-order valence-electron chi connectivity index (χ2n) is 6.49. The molecule has 1 unspecified atom stereocenters. The number of carbonyl (C=O) groups excluding carboxylic acids is 1. The van der Waals surface area contributed by atoms with Crippen molar-refractivity contribution in [3.8, 4) is 5.75 Å². The molecule has 1 aromatic rings. The number of amides is 1. The monoisotopic (exact) mass is 349 g/mol. The summed E-state index contributed by atoms with van der Waals surface area (Å²) in [6.45, 7) is 3.27. The number of rotatable bonds is 9.